The van der Waals surface area contributed by atoms with Crippen LogP contribution in [0.15, 0.2) is 12.7 Å². The fourth-order valence-electron chi connectivity index (χ4n) is 2.49. The molecule has 0 aliphatic carbocycles. The molecule has 2 aliphatic rings. The Bertz CT molecular complexity index is 582. The van der Waals surface area contributed by atoms with Gasteiger partial charge in [-0.15, -0.1) is 6.58 Å². The Kier molecular flexibility index (Phi) is 4.64. The standard InChI is InChI=1S/C13H19NO7S/c1-5-6-17-7-9-13(8-14,21-22(4,15)16)10-11(18-9)20-12(2,3)19-10/h5,9-11H,1,6-7H2,2-4H3/t9-,10+,11-,13-/m1/s1. The Hall–Kier alpha value is -1.02. The smallest absolute Gasteiger partial charge is 0.266 e. The molecule has 2 aliphatic heterocycles. The van der Waals surface area contributed by atoms with E-state index in [1.807, 2.05) is 6.07 Å². The maximum atomic E-state index is 11.6. The van der Waals surface area contributed by atoms with Crippen LogP contribution in [0.5, 0.6) is 0 Å². The van der Waals surface area contributed by atoms with Crippen molar-refractivity contribution in [1.29, 1.82) is 5.26 Å². The summed E-state index contributed by atoms with van der Waals surface area (Å²) in [4.78, 5) is 0. The van der Waals surface area contributed by atoms with E-state index in [9.17, 15) is 13.7 Å². The van der Waals surface area contributed by atoms with E-state index in [-0.39, 0.29) is 13.2 Å². The molecular formula is C13H19NO7S. The largest absolute Gasteiger partial charge is 0.375 e. The molecule has 0 aromatic heterocycles. The molecule has 2 fully saturated rings. The van der Waals surface area contributed by atoms with Gasteiger partial charge in [0.25, 0.3) is 10.1 Å². The first kappa shape index (κ1) is 17.3. The van der Waals surface area contributed by atoms with Crippen LogP contribution < -0.4 is 0 Å². The third-order valence-electron chi connectivity index (χ3n) is 3.23. The lowest BCUT2D eigenvalue weighted by molar-refractivity contribution is -0.224. The first-order chi connectivity index (χ1) is 10.1. The summed E-state index contributed by atoms with van der Waals surface area (Å²) in [5.41, 5.74) is -1.87. The fraction of sp³-hybridized carbons (Fsp3) is 0.769. The van der Waals surface area contributed by atoms with Crippen LogP contribution in [0.2, 0.25) is 0 Å². The second-order valence-electron chi connectivity index (χ2n) is 5.57. The summed E-state index contributed by atoms with van der Waals surface area (Å²) in [5, 5.41) is 9.59. The molecule has 22 heavy (non-hydrogen) atoms. The molecule has 0 aromatic rings. The molecule has 0 amide bonds. The molecule has 0 aromatic carbocycles. The lowest BCUT2D eigenvalue weighted by Gasteiger charge is -2.30. The molecule has 0 unspecified atom stereocenters. The van der Waals surface area contributed by atoms with E-state index in [4.69, 9.17) is 23.1 Å². The Labute approximate surface area is 129 Å². The Balaban J connectivity index is 2.31. The molecule has 8 nitrogen and oxygen atoms in total. The topological polar surface area (TPSA) is 104 Å². The molecule has 0 spiro atoms. The van der Waals surface area contributed by atoms with Crippen molar-refractivity contribution in [3.05, 3.63) is 12.7 Å². The van der Waals surface area contributed by atoms with Crippen molar-refractivity contribution >= 4 is 10.1 Å². The van der Waals surface area contributed by atoms with E-state index < -0.39 is 40.0 Å². The van der Waals surface area contributed by atoms with E-state index in [2.05, 4.69) is 6.58 Å². The van der Waals surface area contributed by atoms with Crippen molar-refractivity contribution in [1.82, 2.24) is 0 Å². The van der Waals surface area contributed by atoms with Crippen molar-refractivity contribution in [3.63, 3.8) is 0 Å². The van der Waals surface area contributed by atoms with Crippen LogP contribution in [-0.2, 0) is 33.2 Å². The van der Waals surface area contributed by atoms with Crippen molar-refractivity contribution in [2.75, 3.05) is 19.5 Å². The van der Waals surface area contributed by atoms with E-state index in [1.165, 1.54) is 6.08 Å². The van der Waals surface area contributed by atoms with Gasteiger partial charge in [0.15, 0.2) is 18.2 Å². The van der Waals surface area contributed by atoms with E-state index in [0.717, 1.165) is 6.26 Å². The number of nitriles is 1. The minimum absolute atomic E-state index is 0.0603. The van der Waals surface area contributed by atoms with Gasteiger partial charge in [0.1, 0.15) is 12.2 Å². The Morgan fingerprint density at radius 3 is 2.64 bits per heavy atom. The van der Waals surface area contributed by atoms with Crippen LogP contribution in [-0.4, -0.2) is 57.8 Å². The number of hydrogen-bond donors (Lipinski definition) is 0. The summed E-state index contributed by atoms with van der Waals surface area (Å²) >= 11 is 0. The van der Waals surface area contributed by atoms with Crippen molar-refractivity contribution in [2.45, 2.75) is 43.7 Å². The van der Waals surface area contributed by atoms with Crippen LogP contribution in [0.3, 0.4) is 0 Å². The van der Waals surface area contributed by atoms with Crippen LogP contribution in [0, 0.1) is 11.3 Å². The number of rotatable bonds is 6. The van der Waals surface area contributed by atoms with Gasteiger partial charge in [-0.05, 0) is 13.8 Å². The van der Waals surface area contributed by atoms with Gasteiger partial charge < -0.3 is 18.9 Å². The normalized spacial score (nSPS) is 36.7. The zero-order valence-electron chi connectivity index (χ0n) is 12.6. The van der Waals surface area contributed by atoms with Gasteiger partial charge in [0.2, 0.25) is 5.60 Å². The van der Waals surface area contributed by atoms with Crippen molar-refractivity contribution in [3.8, 4) is 6.07 Å². The first-order valence-electron chi connectivity index (χ1n) is 6.65. The molecule has 0 bridgehead atoms. The van der Waals surface area contributed by atoms with Crippen LogP contribution >= 0.6 is 0 Å². The van der Waals surface area contributed by atoms with E-state index in [1.54, 1.807) is 13.8 Å². The molecule has 0 saturated carbocycles. The minimum Gasteiger partial charge on any atom is -0.375 e. The summed E-state index contributed by atoms with van der Waals surface area (Å²) in [7, 11) is -3.93. The summed E-state index contributed by atoms with van der Waals surface area (Å²) in [6.07, 6.45) is -0.495. The quantitative estimate of drug-likeness (QED) is 0.388. The second-order valence-corrected chi connectivity index (χ2v) is 7.14. The SMILES string of the molecule is C=CCOC[C@H]1O[C@@H]2OC(C)(C)O[C@@H]2[C@]1(C#N)OS(C)(=O)=O. The maximum absolute atomic E-state index is 11.6. The molecule has 4 atom stereocenters. The molecule has 124 valence electrons. The summed E-state index contributed by atoms with van der Waals surface area (Å²) < 4.78 is 50.3. The third kappa shape index (κ3) is 3.32. The Morgan fingerprint density at radius 1 is 1.41 bits per heavy atom. The molecule has 2 saturated heterocycles. The molecule has 9 heteroatoms. The number of nitrogens with zero attached hydrogens (tertiary/aromatic N) is 1. The second kappa shape index (κ2) is 5.88. The lowest BCUT2D eigenvalue weighted by atomic mass is 9.94. The van der Waals surface area contributed by atoms with Gasteiger partial charge in [-0.2, -0.15) is 13.7 Å². The predicted molar refractivity (Wildman–Crippen MR) is 74.0 cm³/mol. The maximum Gasteiger partial charge on any atom is 0.266 e. The summed E-state index contributed by atoms with van der Waals surface area (Å²) in [6.45, 7) is 6.95. The van der Waals surface area contributed by atoms with Crippen LogP contribution in [0.25, 0.3) is 0 Å². The highest BCUT2D eigenvalue weighted by atomic mass is 32.2. The predicted octanol–water partition coefficient (Wildman–Crippen LogP) is 0.304. The van der Waals surface area contributed by atoms with E-state index in [0.29, 0.717) is 0 Å². The highest BCUT2D eigenvalue weighted by molar-refractivity contribution is 7.86. The highest BCUT2D eigenvalue weighted by Gasteiger charge is 2.67. The number of hydrogen-bond acceptors (Lipinski definition) is 8. The first-order valence-corrected chi connectivity index (χ1v) is 8.47. The lowest BCUT2D eigenvalue weighted by Crippen LogP contribution is -2.52. The van der Waals surface area contributed by atoms with Gasteiger partial charge in [-0.1, -0.05) is 6.08 Å². The zero-order chi connectivity index (χ0) is 16.6. The fourth-order valence-corrected chi connectivity index (χ4v) is 3.23. The zero-order valence-corrected chi connectivity index (χ0v) is 13.5. The van der Waals surface area contributed by atoms with Crippen LogP contribution in [0.4, 0.5) is 0 Å². The number of ether oxygens (including phenoxy) is 4. The summed E-state index contributed by atoms with van der Waals surface area (Å²) in [5.74, 6) is -1.01. The van der Waals surface area contributed by atoms with Gasteiger partial charge in [-0.3, -0.25) is 0 Å². The Morgan fingerprint density at radius 2 is 2.09 bits per heavy atom. The molecule has 2 rings (SSSR count). The van der Waals surface area contributed by atoms with Gasteiger partial charge in [0.05, 0.1) is 19.5 Å². The average Bonchev–Trinajstić information content (AvgIpc) is 2.81. The molecule has 2 heterocycles. The monoisotopic (exact) mass is 333 g/mol. The molecular weight excluding hydrogens is 314 g/mol. The van der Waals surface area contributed by atoms with Crippen molar-refractivity contribution in [2.24, 2.45) is 0 Å². The molecule has 0 radical (unpaired) electrons. The van der Waals surface area contributed by atoms with Gasteiger partial charge >= 0.3 is 0 Å². The molecule has 0 N–H and O–H groups in total. The minimum atomic E-state index is -3.93. The van der Waals surface area contributed by atoms with Gasteiger partial charge in [-0.25, -0.2) is 4.18 Å². The van der Waals surface area contributed by atoms with Crippen LogP contribution in [0.1, 0.15) is 13.8 Å². The third-order valence-corrected chi connectivity index (χ3v) is 3.80. The number of fused-ring (bicyclic) bond motifs is 1. The summed E-state index contributed by atoms with van der Waals surface area (Å²) in [6, 6.07) is 1.88. The average molecular weight is 333 g/mol. The highest BCUT2D eigenvalue weighted by Crippen LogP contribution is 2.45. The van der Waals surface area contributed by atoms with E-state index >= 15 is 0 Å². The van der Waals surface area contributed by atoms with Crippen molar-refractivity contribution < 1.29 is 31.5 Å². The van der Waals surface area contributed by atoms with Gasteiger partial charge in [0, 0.05) is 0 Å².